The van der Waals surface area contributed by atoms with E-state index >= 15 is 0 Å². The van der Waals surface area contributed by atoms with Gasteiger partial charge in [-0.2, -0.15) is 11.8 Å². The van der Waals surface area contributed by atoms with Crippen LogP contribution >= 0.6 is 11.8 Å². The van der Waals surface area contributed by atoms with E-state index in [1.165, 1.54) is 11.3 Å². The van der Waals surface area contributed by atoms with Crippen LogP contribution in [0.2, 0.25) is 0 Å². The van der Waals surface area contributed by atoms with E-state index in [4.69, 9.17) is 0 Å². The van der Waals surface area contributed by atoms with Gasteiger partial charge >= 0.3 is 0 Å². The zero-order chi connectivity index (χ0) is 15.5. The largest absolute Gasteiger partial charge is 0.348 e. The molecule has 2 aromatic rings. The smallest absolute Gasteiger partial charge is 0.227 e. The monoisotopic (exact) mass is 314 g/mol. The molecule has 4 heteroatoms. The van der Waals surface area contributed by atoms with Crippen molar-refractivity contribution in [1.29, 1.82) is 0 Å². The topological polar surface area (TPSA) is 25.2 Å². The average Bonchev–Trinajstić information content (AvgIpc) is 3.02. The van der Waals surface area contributed by atoms with Crippen LogP contribution in [0, 0.1) is 5.92 Å². The summed E-state index contributed by atoms with van der Waals surface area (Å²) in [4.78, 5) is 15.0. The van der Waals surface area contributed by atoms with Crippen molar-refractivity contribution in [3.63, 3.8) is 0 Å². The first-order valence-electron chi connectivity index (χ1n) is 7.71. The fourth-order valence-electron chi connectivity index (χ4n) is 3.21. The Morgan fingerprint density at radius 3 is 2.73 bits per heavy atom. The summed E-state index contributed by atoms with van der Waals surface area (Å²) in [5.41, 5.74) is 2.40. The predicted molar refractivity (Wildman–Crippen MR) is 92.0 cm³/mol. The standard InChI is InChI=1S/C18H22N2OS/c1-14(13-22-2)18(21)20-12-11-19-10-6-9-16(19)17(20)15-7-4-3-5-8-15/h3-10,14,17H,11-13H2,1-2H3. The number of carbonyl (C=O) groups excluding carboxylic acids is 1. The molecule has 0 spiro atoms. The van der Waals surface area contributed by atoms with Crippen molar-refractivity contribution in [3.8, 4) is 0 Å². The fraction of sp³-hybridized carbons (Fsp3) is 0.389. The zero-order valence-electron chi connectivity index (χ0n) is 13.1. The average molecular weight is 314 g/mol. The van der Waals surface area contributed by atoms with Crippen LogP contribution in [0.5, 0.6) is 0 Å². The molecular formula is C18H22N2OS. The molecule has 0 aliphatic carbocycles. The molecule has 1 aromatic carbocycles. The molecule has 0 radical (unpaired) electrons. The number of hydrogen-bond donors (Lipinski definition) is 0. The third kappa shape index (κ3) is 2.80. The molecule has 2 heterocycles. The van der Waals surface area contributed by atoms with Gasteiger partial charge in [-0.15, -0.1) is 0 Å². The van der Waals surface area contributed by atoms with Gasteiger partial charge in [0.05, 0.1) is 6.04 Å². The van der Waals surface area contributed by atoms with Crippen molar-refractivity contribution in [1.82, 2.24) is 9.47 Å². The second-order valence-electron chi connectivity index (χ2n) is 5.83. The molecule has 3 rings (SSSR count). The Morgan fingerprint density at radius 1 is 1.23 bits per heavy atom. The van der Waals surface area contributed by atoms with Gasteiger partial charge < -0.3 is 9.47 Å². The van der Waals surface area contributed by atoms with Gasteiger partial charge in [-0.05, 0) is 24.0 Å². The molecule has 1 aromatic heterocycles. The SMILES string of the molecule is CSCC(C)C(=O)N1CCn2cccc2C1c1ccccc1. The van der Waals surface area contributed by atoms with Gasteiger partial charge in [-0.1, -0.05) is 37.3 Å². The van der Waals surface area contributed by atoms with Gasteiger partial charge in [-0.3, -0.25) is 4.79 Å². The number of carbonyl (C=O) groups is 1. The van der Waals surface area contributed by atoms with Crippen LogP contribution in [0.15, 0.2) is 48.7 Å². The van der Waals surface area contributed by atoms with Crippen molar-refractivity contribution in [2.75, 3.05) is 18.6 Å². The lowest BCUT2D eigenvalue weighted by atomic mass is 9.98. The van der Waals surface area contributed by atoms with E-state index in [0.717, 1.165) is 18.8 Å². The molecule has 1 aliphatic rings. The van der Waals surface area contributed by atoms with Gasteiger partial charge in [0.25, 0.3) is 0 Å². The molecule has 22 heavy (non-hydrogen) atoms. The number of benzene rings is 1. The number of nitrogens with zero attached hydrogens (tertiary/aromatic N) is 2. The second-order valence-corrected chi connectivity index (χ2v) is 6.74. The van der Waals surface area contributed by atoms with Gasteiger partial charge in [-0.25, -0.2) is 0 Å². The number of amides is 1. The fourth-order valence-corrected chi connectivity index (χ4v) is 3.85. The van der Waals surface area contributed by atoms with E-state index in [1.54, 1.807) is 11.8 Å². The lowest BCUT2D eigenvalue weighted by Gasteiger charge is -2.38. The molecule has 0 saturated carbocycles. The Hall–Kier alpha value is -1.68. The van der Waals surface area contributed by atoms with Crippen LogP contribution in [0.4, 0.5) is 0 Å². The number of thioether (sulfide) groups is 1. The van der Waals surface area contributed by atoms with Crippen molar-refractivity contribution in [2.45, 2.75) is 19.5 Å². The van der Waals surface area contributed by atoms with Crippen LogP contribution in [-0.4, -0.2) is 33.9 Å². The van der Waals surface area contributed by atoms with E-state index in [9.17, 15) is 4.79 Å². The van der Waals surface area contributed by atoms with Crippen LogP contribution in [0.25, 0.3) is 0 Å². The van der Waals surface area contributed by atoms with E-state index in [-0.39, 0.29) is 17.9 Å². The Kier molecular flexibility index (Phi) is 4.57. The van der Waals surface area contributed by atoms with Crippen LogP contribution < -0.4 is 0 Å². The molecule has 1 aliphatic heterocycles. The van der Waals surface area contributed by atoms with Crippen LogP contribution in [0.3, 0.4) is 0 Å². The van der Waals surface area contributed by atoms with Gasteiger partial charge in [0.2, 0.25) is 5.91 Å². The number of fused-ring (bicyclic) bond motifs is 1. The second kappa shape index (κ2) is 6.61. The maximum Gasteiger partial charge on any atom is 0.227 e. The summed E-state index contributed by atoms with van der Waals surface area (Å²) in [7, 11) is 0. The summed E-state index contributed by atoms with van der Waals surface area (Å²) in [5, 5.41) is 0. The van der Waals surface area contributed by atoms with E-state index in [1.807, 2.05) is 25.1 Å². The molecule has 0 saturated heterocycles. The molecule has 2 atom stereocenters. The molecule has 0 N–H and O–H groups in total. The number of hydrogen-bond acceptors (Lipinski definition) is 2. The normalized spacial score (nSPS) is 18.8. The van der Waals surface area contributed by atoms with Gasteiger partial charge in [0, 0.05) is 36.7 Å². The third-order valence-corrected chi connectivity index (χ3v) is 5.11. The summed E-state index contributed by atoms with van der Waals surface area (Å²) in [6.07, 6.45) is 4.16. The van der Waals surface area contributed by atoms with Gasteiger partial charge in [0.1, 0.15) is 0 Å². The van der Waals surface area contributed by atoms with E-state index in [2.05, 4.69) is 46.2 Å². The Bertz CT molecular complexity index is 638. The summed E-state index contributed by atoms with van der Waals surface area (Å²) in [6.45, 7) is 3.69. The van der Waals surface area contributed by atoms with Crippen molar-refractivity contribution in [2.24, 2.45) is 5.92 Å². The first-order chi connectivity index (χ1) is 10.7. The zero-order valence-corrected chi connectivity index (χ0v) is 13.9. The highest BCUT2D eigenvalue weighted by Gasteiger charge is 2.33. The molecule has 0 fully saturated rings. The summed E-state index contributed by atoms with van der Waals surface area (Å²) >= 11 is 1.73. The summed E-state index contributed by atoms with van der Waals surface area (Å²) in [6, 6.07) is 14.6. The van der Waals surface area contributed by atoms with E-state index < -0.39 is 0 Å². The lowest BCUT2D eigenvalue weighted by molar-refractivity contribution is -0.137. The third-order valence-electron chi connectivity index (χ3n) is 4.27. The quantitative estimate of drug-likeness (QED) is 0.864. The summed E-state index contributed by atoms with van der Waals surface area (Å²) in [5.74, 6) is 1.19. The number of aromatic nitrogens is 1. The minimum atomic E-state index is 0.0294. The predicted octanol–water partition coefficient (Wildman–Crippen LogP) is 3.42. The first kappa shape index (κ1) is 15.2. The molecule has 3 nitrogen and oxygen atoms in total. The number of rotatable bonds is 4. The lowest BCUT2D eigenvalue weighted by Crippen LogP contribution is -2.45. The van der Waals surface area contributed by atoms with Crippen LogP contribution in [0.1, 0.15) is 24.2 Å². The molecule has 116 valence electrons. The van der Waals surface area contributed by atoms with Crippen molar-refractivity contribution in [3.05, 3.63) is 59.9 Å². The van der Waals surface area contributed by atoms with Crippen molar-refractivity contribution < 1.29 is 4.79 Å². The Labute approximate surface area is 136 Å². The highest BCUT2D eigenvalue weighted by atomic mass is 32.2. The summed E-state index contributed by atoms with van der Waals surface area (Å²) < 4.78 is 2.26. The van der Waals surface area contributed by atoms with E-state index in [0.29, 0.717) is 0 Å². The molecule has 2 unspecified atom stereocenters. The Morgan fingerprint density at radius 2 is 2.00 bits per heavy atom. The maximum absolute atomic E-state index is 12.9. The highest BCUT2D eigenvalue weighted by Crippen LogP contribution is 2.33. The Balaban J connectivity index is 1.97. The first-order valence-corrected chi connectivity index (χ1v) is 9.11. The molecule has 0 bridgehead atoms. The maximum atomic E-state index is 12.9. The molecular weight excluding hydrogens is 292 g/mol. The van der Waals surface area contributed by atoms with Crippen molar-refractivity contribution >= 4 is 17.7 Å². The van der Waals surface area contributed by atoms with Crippen LogP contribution in [-0.2, 0) is 11.3 Å². The minimum absolute atomic E-state index is 0.0294. The highest BCUT2D eigenvalue weighted by molar-refractivity contribution is 7.98. The minimum Gasteiger partial charge on any atom is -0.348 e. The van der Waals surface area contributed by atoms with Gasteiger partial charge in [0.15, 0.2) is 0 Å². The molecule has 1 amide bonds.